The Kier molecular flexibility index (Phi) is 3.72. The molecule has 22 heavy (non-hydrogen) atoms. The number of hydrogen-bond acceptors (Lipinski definition) is 5. The molecule has 1 N–H and O–H groups in total. The van der Waals surface area contributed by atoms with Gasteiger partial charge in [0.2, 0.25) is 5.16 Å². The average Bonchev–Trinajstić information content (AvgIpc) is 3.01. The van der Waals surface area contributed by atoms with E-state index in [0.29, 0.717) is 16.0 Å². The Bertz CT molecular complexity index is 795. The quantitative estimate of drug-likeness (QED) is 0.587. The normalized spacial score (nSPS) is 12.2. The first kappa shape index (κ1) is 14.8. The van der Waals surface area contributed by atoms with Gasteiger partial charge in [0.15, 0.2) is 5.82 Å². The van der Waals surface area contributed by atoms with E-state index in [9.17, 15) is 17.6 Å². The lowest BCUT2D eigenvalue weighted by Gasteiger charge is -2.06. The molecule has 0 saturated heterocycles. The second kappa shape index (κ2) is 5.55. The largest absolute Gasteiger partial charge is 0.408 e. The molecule has 6 nitrogen and oxygen atoms in total. The van der Waals surface area contributed by atoms with Crippen LogP contribution in [0.5, 0.6) is 0 Å². The molecule has 0 aliphatic carbocycles. The smallest absolute Gasteiger partial charge is 0.341 e. The molecule has 1 aromatic carbocycles. The zero-order valence-corrected chi connectivity index (χ0v) is 11.6. The molecular weight excluding hydrogens is 324 g/mol. The third kappa shape index (κ3) is 3.18. The standard InChI is InChI=1S/C11H8F4N6S/c12-6-2-1-3-7-9(6)17-8(16-7)4-22-10-18-19-20-21(10)5-11(13,14)15/h1-3H,4-5H2,(H,16,17). The molecule has 0 aliphatic heterocycles. The number of imidazole rings is 1. The number of hydrogen-bond donors (Lipinski definition) is 1. The maximum atomic E-state index is 13.5. The van der Waals surface area contributed by atoms with Crippen molar-refractivity contribution in [2.24, 2.45) is 0 Å². The average molecular weight is 332 g/mol. The molecular formula is C11H8F4N6S. The molecule has 0 unspecified atom stereocenters. The van der Waals surface area contributed by atoms with Gasteiger partial charge in [0.25, 0.3) is 0 Å². The Hall–Kier alpha value is -2.17. The topological polar surface area (TPSA) is 72.3 Å². The highest BCUT2D eigenvalue weighted by Crippen LogP contribution is 2.24. The fourth-order valence-corrected chi connectivity index (χ4v) is 2.57. The minimum atomic E-state index is -4.41. The number of para-hydroxylation sites is 1. The lowest BCUT2D eigenvalue weighted by molar-refractivity contribution is -0.144. The molecule has 0 saturated carbocycles. The van der Waals surface area contributed by atoms with Gasteiger partial charge >= 0.3 is 6.18 Å². The van der Waals surface area contributed by atoms with E-state index in [1.165, 1.54) is 12.1 Å². The van der Waals surface area contributed by atoms with Crippen molar-refractivity contribution in [3.63, 3.8) is 0 Å². The van der Waals surface area contributed by atoms with E-state index in [1.54, 1.807) is 6.07 Å². The van der Waals surface area contributed by atoms with Crippen molar-refractivity contribution in [3.05, 3.63) is 29.8 Å². The van der Waals surface area contributed by atoms with Gasteiger partial charge in [-0.25, -0.2) is 14.1 Å². The summed E-state index contributed by atoms with van der Waals surface area (Å²) in [5.74, 6) is 0.144. The lowest BCUT2D eigenvalue weighted by Crippen LogP contribution is -2.19. The third-order valence-corrected chi connectivity index (χ3v) is 3.65. The van der Waals surface area contributed by atoms with E-state index >= 15 is 0 Å². The first-order valence-corrected chi connectivity index (χ1v) is 7.00. The van der Waals surface area contributed by atoms with Gasteiger partial charge in [0, 0.05) is 0 Å². The van der Waals surface area contributed by atoms with Crippen molar-refractivity contribution in [2.75, 3.05) is 0 Å². The van der Waals surface area contributed by atoms with Crippen molar-refractivity contribution in [1.82, 2.24) is 30.2 Å². The minimum absolute atomic E-state index is 0.0123. The molecule has 0 aliphatic rings. The van der Waals surface area contributed by atoms with E-state index in [-0.39, 0.29) is 16.4 Å². The summed E-state index contributed by atoms with van der Waals surface area (Å²) in [5, 5.41) is 10.1. The van der Waals surface area contributed by atoms with Crippen molar-refractivity contribution < 1.29 is 17.6 Å². The number of tetrazole rings is 1. The number of thioether (sulfide) groups is 1. The highest BCUT2D eigenvalue weighted by Gasteiger charge is 2.30. The molecule has 2 aromatic heterocycles. The molecule has 3 rings (SSSR count). The van der Waals surface area contributed by atoms with Gasteiger partial charge < -0.3 is 4.98 Å². The van der Waals surface area contributed by atoms with E-state index in [2.05, 4.69) is 25.5 Å². The predicted octanol–water partition coefficient (Wildman–Crippen LogP) is 2.54. The summed E-state index contributed by atoms with van der Waals surface area (Å²) in [6.45, 7) is -1.27. The van der Waals surface area contributed by atoms with Crippen LogP contribution < -0.4 is 0 Å². The van der Waals surface area contributed by atoms with Crippen LogP contribution in [0.3, 0.4) is 0 Å². The summed E-state index contributed by atoms with van der Waals surface area (Å²) in [6.07, 6.45) is -4.41. The zero-order chi connectivity index (χ0) is 15.7. The van der Waals surface area contributed by atoms with Crippen molar-refractivity contribution in [2.45, 2.75) is 23.6 Å². The first-order chi connectivity index (χ1) is 10.4. The molecule has 2 heterocycles. The van der Waals surface area contributed by atoms with E-state index in [4.69, 9.17) is 0 Å². The van der Waals surface area contributed by atoms with Crippen LogP contribution in [-0.4, -0.2) is 36.4 Å². The fraction of sp³-hybridized carbons (Fsp3) is 0.273. The molecule has 0 atom stereocenters. The first-order valence-electron chi connectivity index (χ1n) is 6.01. The Morgan fingerprint density at radius 3 is 2.82 bits per heavy atom. The van der Waals surface area contributed by atoms with E-state index in [1.807, 2.05) is 0 Å². The number of nitrogens with zero attached hydrogens (tertiary/aromatic N) is 5. The van der Waals surface area contributed by atoms with Crippen LogP contribution in [0.2, 0.25) is 0 Å². The number of aromatic nitrogens is 6. The summed E-state index contributed by atoms with van der Waals surface area (Å²) in [5.41, 5.74) is 0.707. The Balaban J connectivity index is 1.74. The summed E-state index contributed by atoms with van der Waals surface area (Å²) in [6, 6.07) is 4.48. The number of benzene rings is 1. The molecule has 0 spiro atoms. The van der Waals surface area contributed by atoms with Crippen LogP contribution >= 0.6 is 11.8 Å². The molecule has 0 radical (unpaired) electrons. The maximum Gasteiger partial charge on any atom is 0.408 e. The van der Waals surface area contributed by atoms with Crippen LogP contribution in [0.1, 0.15) is 5.82 Å². The maximum absolute atomic E-state index is 13.5. The van der Waals surface area contributed by atoms with Crippen LogP contribution in [0.15, 0.2) is 23.4 Å². The number of fused-ring (bicyclic) bond motifs is 1. The van der Waals surface area contributed by atoms with Gasteiger partial charge in [-0.05, 0) is 22.6 Å². The molecule has 0 amide bonds. The molecule has 116 valence electrons. The summed E-state index contributed by atoms with van der Waals surface area (Å²) < 4.78 is 51.3. The van der Waals surface area contributed by atoms with Gasteiger partial charge in [-0.15, -0.1) is 5.10 Å². The summed E-state index contributed by atoms with van der Waals surface area (Å²) in [7, 11) is 0. The number of alkyl halides is 3. The Morgan fingerprint density at radius 1 is 1.27 bits per heavy atom. The second-order valence-corrected chi connectivity index (χ2v) is 5.28. The number of halogens is 4. The third-order valence-electron chi connectivity index (χ3n) is 2.68. The number of H-pyrrole nitrogens is 1. The highest BCUT2D eigenvalue weighted by molar-refractivity contribution is 7.98. The van der Waals surface area contributed by atoms with E-state index < -0.39 is 18.5 Å². The van der Waals surface area contributed by atoms with Crippen molar-refractivity contribution in [1.29, 1.82) is 0 Å². The number of aromatic amines is 1. The summed E-state index contributed by atoms with van der Waals surface area (Å²) in [4.78, 5) is 6.96. The van der Waals surface area contributed by atoms with E-state index in [0.717, 1.165) is 11.8 Å². The monoisotopic (exact) mass is 332 g/mol. The lowest BCUT2D eigenvalue weighted by atomic mass is 10.3. The van der Waals surface area contributed by atoms with Crippen molar-refractivity contribution in [3.8, 4) is 0 Å². The van der Waals surface area contributed by atoms with Crippen LogP contribution in [0, 0.1) is 5.82 Å². The van der Waals surface area contributed by atoms with Gasteiger partial charge in [-0.1, -0.05) is 17.8 Å². The van der Waals surface area contributed by atoms with Crippen LogP contribution in [-0.2, 0) is 12.3 Å². The molecule has 11 heteroatoms. The Morgan fingerprint density at radius 2 is 2.09 bits per heavy atom. The number of rotatable bonds is 4. The Labute approximate surface area is 124 Å². The van der Waals surface area contributed by atoms with Crippen molar-refractivity contribution >= 4 is 22.8 Å². The van der Waals surface area contributed by atoms with Gasteiger partial charge in [0.05, 0.1) is 11.3 Å². The predicted molar refractivity (Wildman–Crippen MR) is 69.5 cm³/mol. The molecule has 3 aromatic rings. The van der Waals surface area contributed by atoms with Crippen LogP contribution in [0.25, 0.3) is 11.0 Å². The fourth-order valence-electron chi connectivity index (χ4n) is 1.82. The van der Waals surface area contributed by atoms with Gasteiger partial charge in [0.1, 0.15) is 17.9 Å². The highest BCUT2D eigenvalue weighted by atomic mass is 32.2. The molecule has 0 bridgehead atoms. The molecule has 0 fully saturated rings. The minimum Gasteiger partial charge on any atom is -0.341 e. The zero-order valence-electron chi connectivity index (χ0n) is 10.8. The number of nitrogens with one attached hydrogen (secondary N) is 1. The summed E-state index contributed by atoms with van der Waals surface area (Å²) >= 11 is 0.979. The second-order valence-electron chi connectivity index (χ2n) is 4.34. The van der Waals surface area contributed by atoms with Crippen LogP contribution in [0.4, 0.5) is 17.6 Å². The SMILES string of the molecule is Fc1cccc2[nH]c(CSc3nnnn3CC(F)(F)F)nc12. The van der Waals surface area contributed by atoms with Gasteiger partial charge in [-0.3, -0.25) is 0 Å². The van der Waals surface area contributed by atoms with Gasteiger partial charge in [-0.2, -0.15) is 13.2 Å².